The molecule has 2 N–H and O–H groups in total. The fourth-order valence-electron chi connectivity index (χ4n) is 5.02. The highest BCUT2D eigenvalue weighted by Gasteiger charge is 2.52. The van der Waals surface area contributed by atoms with Crippen LogP contribution in [0, 0.1) is 0 Å². The van der Waals surface area contributed by atoms with Gasteiger partial charge in [0.25, 0.3) is 0 Å². The molecule has 1 fully saturated rings. The second-order valence-electron chi connectivity index (χ2n) is 8.99. The summed E-state index contributed by atoms with van der Waals surface area (Å²) in [5, 5.41) is 2.35. The molecule has 5 heteroatoms. The summed E-state index contributed by atoms with van der Waals surface area (Å²) in [5.74, 6) is 2.69. The van der Waals surface area contributed by atoms with Crippen molar-refractivity contribution in [3.63, 3.8) is 0 Å². The molecule has 6 rings (SSSR count). The lowest BCUT2D eigenvalue weighted by molar-refractivity contribution is -0.888. The Morgan fingerprint density at radius 3 is 2.38 bits per heavy atom. The summed E-state index contributed by atoms with van der Waals surface area (Å²) < 4.78 is 12.7. The van der Waals surface area contributed by atoms with Crippen molar-refractivity contribution in [2.45, 2.75) is 24.6 Å². The minimum Gasteiger partial charge on any atom is -0.470 e. The molecule has 1 atom stereocenters. The van der Waals surface area contributed by atoms with Crippen molar-refractivity contribution in [2.24, 2.45) is 0 Å². The second kappa shape index (κ2) is 7.69. The van der Waals surface area contributed by atoms with Gasteiger partial charge in [0.05, 0.1) is 44.7 Å². The average Bonchev–Trinajstić information content (AvgIpc) is 3.29. The number of hydrogen-bond donors (Lipinski definition) is 2. The van der Waals surface area contributed by atoms with E-state index in [2.05, 4.69) is 60.0 Å². The number of benzene rings is 3. The number of nitrogens with one attached hydrogen (secondary N) is 2. The standard InChI is InChI=1S/C27H27N3O2/c1-29-17-15-27(16-18-29)30-25(23-9-5-6-10-26(23)32-27)19-24(28-30)20-11-13-22(14-12-20)31-21-7-3-2-4-8-21/h2-14,19,25,28H,15-18H2,1H3/p+1/t25-/m1/s1. The van der Waals surface area contributed by atoms with Gasteiger partial charge in [-0.25, -0.2) is 0 Å². The topological polar surface area (TPSA) is 38.2 Å². The molecule has 0 bridgehead atoms. The number of fused-ring (bicyclic) bond motifs is 4. The summed E-state index contributed by atoms with van der Waals surface area (Å²) in [6.45, 7) is 2.21. The van der Waals surface area contributed by atoms with Crippen LogP contribution >= 0.6 is 0 Å². The van der Waals surface area contributed by atoms with Gasteiger partial charge < -0.3 is 19.8 Å². The molecule has 0 radical (unpaired) electrons. The third-order valence-corrected chi connectivity index (χ3v) is 6.85. The van der Waals surface area contributed by atoms with Gasteiger partial charge in [-0.2, -0.15) is 5.01 Å². The SMILES string of the molecule is C[NH+]1CCC2(CC1)Oc1ccccc1[C@H]1C=C(c3ccc(Oc4ccccc4)cc3)NN12. The van der Waals surface area contributed by atoms with Gasteiger partial charge in [0.2, 0.25) is 0 Å². The molecule has 3 aliphatic heterocycles. The van der Waals surface area contributed by atoms with E-state index in [4.69, 9.17) is 9.47 Å². The molecule has 0 saturated carbocycles. The Hall–Kier alpha value is -3.28. The van der Waals surface area contributed by atoms with Crippen molar-refractivity contribution < 1.29 is 14.4 Å². The highest BCUT2D eigenvalue weighted by molar-refractivity contribution is 5.68. The smallest absolute Gasteiger partial charge is 0.191 e. The zero-order chi connectivity index (χ0) is 21.5. The molecule has 0 aliphatic carbocycles. The van der Waals surface area contributed by atoms with E-state index < -0.39 is 0 Å². The van der Waals surface area contributed by atoms with E-state index in [-0.39, 0.29) is 11.8 Å². The van der Waals surface area contributed by atoms with Gasteiger partial charge in [-0.3, -0.25) is 0 Å². The van der Waals surface area contributed by atoms with E-state index in [0.29, 0.717) is 0 Å². The zero-order valence-corrected chi connectivity index (χ0v) is 18.3. The number of likely N-dealkylation sites (tertiary alicyclic amines) is 1. The van der Waals surface area contributed by atoms with Crippen LogP contribution in [0.1, 0.15) is 30.0 Å². The lowest BCUT2D eigenvalue weighted by Crippen LogP contribution is -3.11. The molecule has 0 unspecified atom stereocenters. The molecule has 3 heterocycles. The number of hydrogen-bond acceptors (Lipinski definition) is 4. The quantitative estimate of drug-likeness (QED) is 0.669. The molecule has 32 heavy (non-hydrogen) atoms. The van der Waals surface area contributed by atoms with E-state index in [9.17, 15) is 0 Å². The Balaban J connectivity index is 1.29. The molecule has 162 valence electrons. The fourth-order valence-corrected chi connectivity index (χ4v) is 5.02. The first-order valence-corrected chi connectivity index (χ1v) is 11.4. The Labute approximate surface area is 188 Å². The van der Waals surface area contributed by atoms with E-state index in [0.717, 1.165) is 54.4 Å². The zero-order valence-electron chi connectivity index (χ0n) is 18.3. The summed E-state index contributed by atoms with van der Waals surface area (Å²) in [7, 11) is 2.27. The first-order chi connectivity index (χ1) is 15.7. The van der Waals surface area contributed by atoms with Crippen LogP contribution in [0.2, 0.25) is 0 Å². The largest absolute Gasteiger partial charge is 0.470 e. The summed E-state index contributed by atoms with van der Waals surface area (Å²) in [6.07, 6.45) is 4.34. The molecular weight excluding hydrogens is 398 g/mol. The Morgan fingerprint density at radius 2 is 1.59 bits per heavy atom. The van der Waals surface area contributed by atoms with Crippen molar-refractivity contribution in [2.75, 3.05) is 20.1 Å². The van der Waals surface area contributed by atoms with Crippen molar-refractivity contribution in [1.29, 1.82) is 0 Å². The van der Waals surface area contributed by atoms with Crippen LogP contribution in [0.3, 0.4) is 0 Å². The van der Waals surface area contributed by atoms with E-state index in [1.165, 1.54) is 5.56 Å². The molecule has 0 aromatic heterocycles. The number of nitrogens with zero attached hydrogens (tertiary/aromatic N) is 1. The first kappa shape index (κ1) is 19.4. The molecule has 1 saturated heterocycles. The van der Waals surface area contributed by atoms with Gasteiger partial charge in [-0.15, -0.1) is 0 Å². The van der Waals surface area contributed by atoms with Gasteiger partial charge in [-0.05, 0) is 54.1 Å². The molecule has 1 spiro atoms. The third kappa shape index (κ3) is 3.34. The monoisotopic (exact) mass is 426 g/mol. The van der Waals surface area contributed by atoms with Gasteiger partial charge in [0.15, 0.2) is 5.72 Å². The number of hydrazine groups is 1. The van der Waals surface area contributed by atoms with Gasteiger partial charge in [0, 0.05) is 5.56 Å². The summed E-state index contributed by atoms with van der Waals surface area (Å²) in [6, 6.07) is 26.8. The van der Waals surface area contributed by atoms with Gasteiger partial charge in [-0.1, -0.05) is 36.4 Å². The molecule has 3 aromatic rings. The van der Waals surface area contributed by atoms with Crippen LogP contribution in [0.5, 0.6) is 17.2 Å². The summed E-state index contributed by atoms with van der Waals surface area (Å²) in [5.41, 5.74) is 6.88. The maximum absolute atomic E-state index is 6.69. The second-order valence-corrected chi connectivity index (χ2v) is 8.99. The first-order valence-electron chi connectivity index (χ1n) is 11.4. The van der Waals surface area contributed by atoms with Crippen LogP contribution in [0.15, 0.2) is 84.9 Å². The Morgan fingerprint density at radius 1 is 0.906 bits per heavy atom. The van der Waals surface area contributed by atoms with E-state index in [1.54, 1.807) is 4.90 Å². The maximum Gasteiger partial charge on any atom is 0.191 e. The minimum absolute atomic E-state index is 0.161. The van der Waals surface area contributed by atoms with Gasteiger partial charge in [0.1, 0.15) is 17.2 Å². The highest BCUT2D eigenvalue weighted by Crippen LogP contribution is 2.47. The van der Waals surface area contributed by atoms with Crippen LogP contribution in [0.4, 0.5) is 0 Å². The normalized spacial score (nSPS) is 26.5. The predicted molar refractivity (Wildman–Crippen MR) is 124 cm³/mol. The van der Waals surface area contributed by atoms with Crippen molar-refractivity contribution in [1.82, 2.24) is 10.4 Å². The van der Waals surface area contributed by atoms with Crippen molar-refractivity contribution >= 4 is 5.70 Å². The Bertz CT molecular complexity index is 1140. The van der Waals surface area contributed by atoms with Crippen molar-refractivity contribution in [3.8, 4) is 17.2 Å². The number of rotatable bonds is 3. The predicted octanol–water partition coefficient (Wildman–Crippen LogP) is 3.78. The lowest BCUT2D eigenvalue weighted by Gasteiger charge is -2.50. The Kier molecular flexibility index (Phi) is 4.67. The molecule has 5 nitrogen and oxygen atoms in total. The number of quaternary nitrogens is 1. The van der Waals surface area contributed by atoms with Crippen LogP contribution < -0.4 is 19.8 Å². The minimum atomic E-state index is -0.312. The molecule has 3 aromatic carbocycles. The van der Waals surface area contributed by atoms with Crippen LogP contribution in [-0.2, 0) is 0 Å². The van der Waals surface area contributed by atoms with Crippen LogP contribution in [-0.4, -0.2) is 30.9 Å². The van der Waals surface area contributed by atoms with Gasteiger partial charge >= 0.3 is 0 Å². The maximum atomic E-state index is 6.69. The van der Waals surface area contributed by atoms with E-state index in [1.807, 2.05) is 42.5 Å². The summed E-state index contributed by atoms with van der Waals surface area (Å²) in [4.78, 5) is 1.57. The van der Waals surface area contributed by atoms with Crippen molar-refractivity contribution in [3.05, 3.63) is 96.1 Å². The number of ether oxygens (including phenoxy) is 2. The summed E-state index contributed by atoms with van der Waals surface area (Å²) >= 11 is 0. The molecule has 0 amide bonds. The van der Waals surface area contributed by atoms with Crippen LogP contribution in [0.25, 0.3) is 5.70 Å². The molecular formula is C27H28N3O2+. The highest BCUT2D eigenvalue weighted by atomic mass is 16.5. The third-order valence-electron chi connectivity index (χ3n) is 6.85. The fraction of sp³-hybridized carbons (Fsp3) is 0.259. The number of para-hydroxylation sites is 2. The average molecular weight is 427 g/mol. The van der Waals surface area contributed by atoms with E-state index >= 15 is 0 Å². The number of piperidine rings is 1. The lowest BCUT2D eigenvalue weighted by atomic mass is 9.93. The molecule has 3 aliphatic rings.